The number of aromatic nitrogens is 3. The van der Waals surface area contributed by atoms with Gasteiger partial charge in [-0.05, 0) is 39.0 Å². The molecule has 0 fully saturated rings. The van der Waals surface area contributed by atoms with Gasteiger partial charge in [0, 0.05) is 40.8 Å². The maximum absolute atomic E-state index is 10.7. The van der Waals surface area contributed by atoms with E-state index in [2.05, 4.69) is 13.2 Å². The van der Waals surface area contributed by atoms with Crippen LogP contribution in [0.3, 0.4) is 0 Å². The van der Waals surface area contributed by atoms with E-state index in [1.54, 1.807) is 47.4 Å². The number of aliphatic hydroxyl groups excluding tert-OH is 3. The number of nitrogens with zero attached hydrogens (tertiary/aromatic N) is 6. The Kier molecular flexibility index (Phi) is 14.8. The SMILES string of the molecule is C=C/C=C\C(C)(CN(C)c1nc(N(C)C/C=C(O)/C=C\C=C/C)nc(N(C)CC2(C)C=CC=CC=C2O)n1)C(=C)O.CC. The summed E-state index contributed by atoms with van der Waals surface area (Å²) in [5, 5.41) is 31.3. The minimum absolute atomic E-state index is 0.00159. The Morgan fingerprint density at radius 2 is 1.56 bits per heavy atom. The predicted molar refractivity (Wildman–Crippen MR) is 182 cm³/mol. The van der Waals surface area contributed by atoms with Crippen LogP contribution in [0.15, 0.2) is 109 Å². The highest BCUT2D eigenvalue weighted by Crippen LogP contribution is 2.32. The molecule has 0 radical (unpaired) electrons. The molecule has 0 aliphatic heterocycles. The lowest BCUT2D eigenvalue weighted by Crippen LogP contribution is -2.37. The quantitative estimate of drug-likeness (QED) is 0.153. The lowest BCUT2D eigenvalue weighted by atomic mass is 9.87. The van der Waals surface area contributed by atoms with E-state index in [1.165, 1.54) is 0 Å². The first-order valence-corrected chi connectivity index (χ1v) is 14.4. The molecule has 43 heavy (non-hydrogen) atoms. The molecule has 1 aromatic heterocycles. The summed E-state index contributed by atoms with van der Waals surface area (Å²) in [6.45, 7) is 18.3. The summed E-state index contributed by atoms with van der Waals surface area (Å²) in [7, 11) is 5.52. The molecule has 9 heteroatoms. The highest BCUT2D eigenvalue weighted by atomic mass is 16.3. The topological polar surface area (TPSA) is 109 Å². The Balaban J connectivity index is 0.00000452. The molecular formula is C34H50N6O3. The van der Waals surface area contributed by atoms with Gasteiger partial charge in [-0.15, -0.1) is 0 Å². The molecule has 1 aromatic rings. The van der Waals surface area contributed by atoms with Gasteiger partial charge in [-0.2, -0.15) is 15.0 Å². The lowest BCUT2D eigenvalue weighted by Gasteiger charge is -2.33. The van der Waals surface area contributed by atoms with Gasteiger partial charge in [-0.3, -0.25) is 0 Å². The highest BCUT2D eigenvalue weighted by molar-refractivity contribution is 5.47. The van der Waals surface area contributed by atoms with Crippen molar-refractivity contribution in [2.45, 2.75) is 34.6 Å². The van der Waals surface area contributed by atoms with Crippen LogP contribution in [0, 0.1) is 10.8 Å². The number of rotatable bonds is 14. The third-order valence-corrected chi connectivity index (χ3v) is 6.69. The van der Waals surface area contributed by atoms with Crippen molar-refractivity contribution in [3.05, 3.63) is 109 Å². The molecule has 234 valence electrons. The van der Waals surface area contributed by atoms with E-state index in [4.69, 9.17) is 15.0 Å². The molecule has 2 unspecified atom stereocenters. The number of aliphatic hydroxyl groups is 3. The second kappa shape index (κ2) is 17.4. The Morgan fingerprint density at radius 3 is 2.14 bits per heavy atom. The van der Waals surface area contributed by atoms with Crippen LogP contribution in [0.25, 0.3) is 0 Å². The molecule has 1 aliphatic rings. The van der Waals surface area contributed by atoms with Crippen molar-refractivity contribution in [1.29, 1.82) is 0 Å². The second-order valence-corrected chi connectivity index (χ2v) is 10.5. The summed E-state index contributed by atoms with van der Waals surface area (Å²) in [6, 6.07) is 0. The molecule has 1 aliphatic carbocycles. The smallest absolute Gasteiger partial charge is 0.231 e. The zero-order chi connectivity index (χ0) is 32.6. The number of hydrogen-bond donors (Lipinski definition) is 3. The summed E-state index contributed by atoms with van der Waals surface area (Å²) < 4.78 is 0. The first-order chi connectivity index (χ1) is 20.3. The fourth-order valence-corrected chi connectivity index (χ4v) is 4.04. The van der Waals surface area contributed by atoms with Crippen molar-refractivity contribution in [2.75, 3.05) is 55.5 Å². The molecular weight excluding hydrogens is 540 g/mol. The normalized spacial score (nSPS) is 18.1. The molecule has 0 amide bonds. The third-order valence-electron chi connectivity index (χ3n) is 6.69. The van der Waals surface area contributed by atoms with Crippen LogP contribution in [0.2, 0.25) is 0 Å². The van der Waals surface area contributed by atoms with Crippen LogP contribution >= 0.6 is 0 Å². The third kappa shape index (κ3) is 11.0. The highest BCUT2D eigenvalue weighted by Gasteiger charge is 2.31. The van der Waals surface area contributed by atoms with Crippen molar-refractivity contribution in [3.8, 4) is 0 Å². The summed E-state index contributed by atoms with van der Waals surface area (Å²) in [4.78, 5) is 19.7. The van der Waals surface area contributed by atoms with Crippen molar-refractivity contribution in [3.63, 3.8) is 0 Å². The van der Waals surface area contributed by atoms with Gasteiger partial charge in [-0.25, -0.2) is 0 Å². The van der Waals surface area contributed by atoms with Gasteiger partial charge in [0.1, 0.15) is 11.5 Å². The van der Waals surface area contributed by atoms with Crippen LogP contribution in [0.5, 0.6) is 0 Å². The zero-order valence-electron chi connectivity index (χ0n) is 27.1. The number of hydrogen-bond acceptors (Lipinski definition) is 9. The van der Waals surface area contributed by atoms with Gasteiger partial charge in [-0.1, -0.05) is 87.8 Å². The summed E-state index contributed by atoms with van der Waals surface area (Å²) >= 11 is 0. The van der Waals surface area contributed by atoms with Crippen LogP contribution in [0.1, 0.15) is 34.6 Å². The van der Waals surface area contributed by atoms with Gasteiger partial charge in [0.15, 0.2) is 0 Å². The molecule has 3 N–H and O–H groups in total. The van der Waals surface area contributed by atoms with E-state index >= 15 is 0 Å². The average molecular weight is 591 g/mol. The molecule has 0 spiro atoms. The standard InChI is InChI=1S/C32H44N6O3.C2H6/c1-9-11-14-17-26(40)19-22-36(6)28-33-29(37(7)23-31(4,25(3)39)20-12-10-2)35-30(34-28)38(8)24-32(5)21-16-13-15-18-27(32)41;1-2/h9-21,39-41H,2-3,22-24H2,1,4-8H3;1-2H3/b11-9-,17-14-,20-12-,26-19-;. The fourth-order valence-electron chi connectivity index (χ4n) is 4.04. The summed E-state index contributed by atoms with van der Waals surface area (Å²) in [6.07, 6.45) is 23.2. The van der Waals surface area contributed by atoms with E-state index < -0.39 is 10.8 Å². The first kappa shape index (κ1) is 36.5. The predicted octanol–water partition coefficient (Wildman–Crippen LogP) is 7.18. The van der Waals surface area contributed by atoms with E-state index in [9.17, 15) is 15.3 Å². The largest absolute Gasteiger partial charge is 0.512 e. The monoisotopic (exact) mass is 590 g/mol. The maximum atomic E-state index is 10.7. The van der Waals surface area contributed by atoms with Gasteiger partial charge < -0.3 is 30.0 Å². The van der Waals surface area contributed by atoms with E-state index in [-0.39, 0.29) is 17.3 Å². The minimum Gasteiger partial charge on any atom is -0.512 e. The Bertz CT molecular complexity index is 1290. The fraction of sp³-hybridized carbons (Fsp3) is 0.382. The first-order valence-electron chi connectivity index (χ1n) is 14.4. The molecule has 0 saturated carbocycles. The van der Waals surface area contributed by atoms with Gasteiger partial charge in [0.05, 0.1) is 16.6 Å². The summed E-state index contributed by atoms with van der Waals surface area (Å²) in [5.74, 6) is 1.52. The molecule has 0 bridgehead atoms. The second-order valence-electron chi connectivity index (χ2n) is 10.5. The van der Waals surface area contributed by atoms with Crippen molar-refractivity contribution in [1.82, 2.24) is 15.0 Å². The molecule has 1 heterocycles. The zero-order valence-corrected chi connectivity index (χ0v) is 27.1. The van der Waals surface area contributed by atoms with Crippen molar-refractivity contribution >= 4 is 17.8 Å². The Hall–Kier alpha value is -4.53. The minimum atomic E-state index is -0.788. The van der Waals surface area contributed by atoms with E-state index in [0.29, 0.717) is 37.5 Å². The lowest BCUT2D eigenvalue weighted by molar-refractivity contribution is 0.289. The number of allylic oxidation sites excluding steroid dienone is 10. The number of likely N-dealkylation sites (N-methyl/N-ethyl adjacent to an activating group) is 1. The summed E-state index contributed by atoms with van der Waals surface area (Å²) in [5.41, 5.74) is -1.46. The van der Waals surface area contributed by atoms with Gasteiger partial charge in [0.25, 0.3) is 0 Å². The van der Waals surface area contributed by atoms with Crippen LogP contribution in [0.4, 0.5) is 17.8 Å². The molecule has 9 nitrogen and oxygen atoms in total. The molecule has 2 atom stereocenters. The van der Waals surface area contributed by atoms with E-state index in [1.807, 2.05) is 102 Å². The average Bonchev–Trinajstić information content (AvgIpc) is 3.15. The maximum Gasteiger partial charge on any atom is 0.231 e. The Labute approximate surface area is 258 Å². The van der Waals surface area contributed by atoms with Gasteiger partial charge in [0.2, 0.25) is 17.8 Å². The van der Waals surface area contributed by atoms with Crippen molar-refractivity contribution in [2.24, 2.45) is 10.8 Å². The Morgan fingerprint density at radius 1 is 0.953 bits per heavy atom. The number of anilines is 3. The van der Waals surface area contributed by atoms with Crippen molar-refractivity contribution < 1.29 is 15.3 Å². The molecule has 2 rings (SSSR count). The van der Waals surface area contributed by atoms with Crippen LogP contribution < -0.4 is 14.7 Å². The molecule has 0 aromatic carbocycles. The van der Waals surface area contributed by atoms with Gasteiger partial charge >= 0.3 is 0 Å². The van der Waals surface area contributed by atoms with Crippen LogP contribution in [-0.2, 0) is 0 Å². The van der Waals surface area contributed by atoms with Crippen LogP contribution in [-0.4, -0.2) is 71.0 Å². The molecule has 0 saturated heterocycles. The van der Waals surface area contributed by atoms with E-state index in [0.717, 1.165) is 0 Å².